The highest BCUT2D eigenvalue weighted by atomic mass is 32.1. The molecule has 0 aliphatic carbocycles. The van der Waals surface area contributed by atoms with Crippen LogP contribution in [0.15, 0.2) is 36.2 Å². The minimum Gasteiger partial charge on any atom is -0.357 e. The van der Waals surface area contributed by atoms with Gasteiger partial charge in [0.25, 0.3) is 0 Å². The molecular weight excluding hydrogens is 427 g/mol. The Bertz CT molecular complexity index is 1050. The Kier molecular flexibility index (Phi) is 4.99. The molecule has 7 nitrogen and oxygen atoms in total. The minimum atomic E-state index is -4.36. The summed E-state index contributed by atoms with van der Waals surface area (Å²) in [5.74, 6) is 1.22. The lowest BCUT2D eigenvalue weighted by Gasteiger charge is -2.40. The van der Waals surface area contributed by atoms with Crippen molar-refractivity contribution in [3.63, 3.8) is 0 Å². The number of anilines is 2. The lowest BCUT2D eigenvalue weighted by Crippen LogP contribution is -2.42. The fourth-order valence-electron chi connectivity index (χ4n) is 4.41. The smallest absolute Gasteiger partial charge is 0.357 e. The van der Waals surface area contributed by atoms with Gasteiger partial charge in [-0.1, -0.05) is 11.3 Å². The zero-order valence-corrected chi connectivity index (χ0v) is 17.4. The van der Waals surface area contributed by atoms with Crippen LogP contribution in [0.1, 0.15) is 24.8 Å². The van der Waals surface area contributed by atoms with Crippen molar-refractivity contribution in [2.45, 2.75) is 25.4 Å². The largest absolute Gasteiger partial charge is 0.416 e. The van der Waals surface area contributed by atoms with E-state index in [1.165, 1.54) is 17.5 Å². The number of halogens is 3. The van der Waals surface area contributed by atoms with E-state index in [9.17, 15) is 13.2 Å². The average molecular weight is 447 g/mol. The number of pyridine rings is 1. The van der Waals surface area contributed by atoms with Gasteiger partial charge in [0, 0.05) is 32.4 Å². The molecule has 11 heteroatoms. The van der Waals surface area contributed by atoms with E-state index in [0.717, 1.165) is 55.3 Å². The number of rotatable bonds is 3. The molecule has 3 aromatic rings. The second-order valence-electron chi connectivity index (χ2n) is 8.07. The van der Waals surface area contributed by atoms with Crippen molar-refractivity contribution >= 4 is 23.0 Å². The van der Waals surface area contributed by atoms with Crippen LogP contribution in [-0.4, -0.2) is 51.3 Å². The molecular formula is C20H20F3N7S. The predicted octanol–water partition coefficient (Wildman–Crippen LogP) is 3.91. The first-order chi connectivity index (χ1) is 14.9. The molecule has 162 valence electrons. The van der Waals surface area contributed by atoms with Gasteiger partial charge in [0.2, 0.25) is 0 Å². The molecule has 2 aliphatic heterocycles. The SMILES string of the molecule is FC(F)(F)c1ccnc(N2CCC3(CC2)CCN(c2cncc(-c4nncs4)n2)C3)c1. The van der Waals surface area contributed by atoms with Crippen LogP contribution in [0.25, 0.3) is 10.7 Å². The van der Waals surface area contributed by atoms with Crippen molar-refractivity contribution in [3.8, 4) is 10.7 Å². The summed E-state index contributed by atoms with van der Waals surface area (Å²) in [4.78, 5) is 17.4. The lowest BCUT2D eigenvalue weighted by molar-refractivity contribution is -0.137. The van der Waals surface area contributed by atoms with Gasteiger partial charge in [0.1, 0.15) is 22.8 Å². The Hall–Kier alpha value is -2.82. The Labute approximate surface area is 181 Å². The third-order valence-electron chi connectivity index (χ3n) is 6.18. The van der Waals surface area contributed by atoms with Gasteiger partial charge in [-0.3, -0.25) is 4.98 Å². The first-order valence-corrected chi connectivity index (χ1v) is 10.9. The topological polar surface area (TPSA) is 70.9 Å². The van der Waals surface area contributed by atoms with Crippen LogP contribution < -0.4 is 9.80 Å². The second-order valence-corrected chi connectivity index (χ2v) is 8.90. The van der Waals surface area contributed by atoms with Gasteiger partial charge in [0.15, 0.2) is 5.01 Å². The van der Waals surface area contributed by atoms with Crippen molar-refractivity contribution < 1.29 is 13.2 Å². The number of piperidine rings is 1. The quantitative estimate of drug-likeness (QED) is 0.603. The van der Waals surface area contributed by atoms with E-state index in [0.29, 0.717) is 24.6 Å². The molecule has 1 spiro atoms. The van der Waals surface area contributed by atoms with Crippen LogP contribution in [-0.2, 0) is 6.18 Å². The number of nitrogens with zero attached hydrogens (tertiary/aromatic N) is 7. The summed E-state index contributed by atoms with van der Waals surface area (Å²) in [5, 5.41) is 8.66. The van der Waals surface area contributed by atoms with Crippen LogP contribution in [0.2, 0.25) is 0 Å². The van der Waals surface area contributed by atoms with Crippen LogP contribution in [0.5, 0.6) is 0 Å². The molecule has 5 rings (SSSR count). The van der Waals surface area contributed by atoms with E-state index in [2.05, 4.69) is 25.1 Å². The first kappa shape index (κ1) is 20.1. The zero-order chi connectivity index (χ0) is 21.5. The van der Waals surface area contributed by atoms with Crippen LogP contribution in [0.3, 0.4) is 0 Å². The summed E-state index contributed by atoms with van der Waals surface area (Å²) < 4.78 is 39.1. The first-order valence-electron chi connectivity index (χ1n) is 10.0. The highest BCUT2D eigenvalue weighted by molar-refractivity contribution is 7.12. The Morgan fingerprint density at radius 2 is 1.77 bits per heavy atom. The highest BCUT2D eigenvalue weighted by Gasteiger charge is 2.41. The maximum atomic E-state index is 13.0. The molecule has 0 amide bonds. The maximum Gasteiger partial charge on any atom is 0.416 e. The summed E-state index contributed by atoms with van der Waals surface area (Å²) in [6.45, 7) is 3.14. The summed E-state index contributed by atoms with van der Waals surface area (Å²) in [5.41, 5.74) is 1.87. The number of alkyl halides is 3. The van der Waals surface area contributed by atoms with E-state index in [-0.39, 0.29) is 5.41 Å². The van der Waals surface area contributed by atoms with Crippen molar-refractivity contribution in [1.82, 2.24) is 25.1 Å². The Balaban J connectivity index is 1.26. The summed E-state index contributed by atoms with van der Waals surface area (Å²) in [6, 6.07) is 2.16. The molecule has 0 radical (unpaired) electrons. The minimum absolute atomic E-state index is 0.137. The van der Waals surface area contributed by atoms with Gasteiger partial charge in [-0.25, -0.2) is 9.97 Å². The molecule has 0 bridgehead atoms. The second kappa shape index (κ2) is 7.70. The van der Waals surface area contributed by atoms with E-state index in [4.69, 9.17) is 4.98 Å². The van der Waals surface area contributed by atoms with Gasteiger partial charge in [0.05, 0.1) is 18.0 Å². The molecule has 2 fully saturated rings. The van der Waals surface area contributed by atoms with E-state index >= 15 is 0 Å². The Morgan fingerprint density at radius 3 is 2.48 bits per heavy atom. The Morgan fingerprint density at radius 1 is 1.00 bits per heavy atom. The molecule has 0 aromatic carbocycles. The maximum absolute atomic E-state index is 13.0. The highest BCUT2D eigenvalue weighted by Crippen LogP contribution is 2.42. The number of hydrogen-bond acceptors (Lipinski definition) is 8. The molecule has 2 saturated heterocycles. The van der Waals surface area contributed by atoms with Crippen LogP contribution in [0, 0.1) is 5.41 Å². The van der Waals surface area contributed by atoms with E-state index in [1.54, 1.807) is 17.9 Å². The molecule has 3 aromatic heterocycles. The molecule has 0 atom stereocenters. The number of aromatic nitrogens is 5. The van der Waals surface area contributed by atoms with Gasteiger partial charge in [-0.05, 0) is 36.8 Å². The van der Waals surface area contributed by atoms with Gasteiger partial charge < -0.3 is 9.80 Å². The molecule has 0 saturated carbocycles. The van der Waals surface area contributed by atoms with Crippen molar-refractivity contribution in [3.05, 3.63) is 41.8 Å². The van der Waals surface area contributed by atoms with Gasteiger partial charge >= 0.3 is 6.18 Å². The molecule has 0 unspecified atom stereocenters. The summed E-state index contributed by atoms with van der Waals surface area (Å²) in [6.07, 6.45) is 3.19. The number of hydrogen-bond donors (Lipinski definition) is 0. The zero-order valence-electron chi connectivity index (χ0n) is 16.6. The van der Waals surface area contributed by atoms with Gasteiger partial charge in [-0.15, -0.1) is 10.2 Å². The van der Waals surface area contributed by atoms with Crippen molar-refractivity contribution in [2.24, 2.45) is 5.41 Å². The van der Waals surface area contributed by atoms with Crippen molar-refractivity contribution in [2.75, 3.05) is 36.0 Å². The summed E-state index contributed by atoms with van der Waals surface area (Å²) >= 11 is 1.42. The van der Waals surface area contributed by atoms with Crippen molar-refractivity contribution in [1.29, 1.82) is 0 Å². The van der Waals surface area contributed by atoms with E-state index < -0.39 is 11.7 Å². The summed E-state index contributed by atoms with van der Waals surface area (Å²) in [7, 11) is 0. The van der Waals surface area contributed by atoms with Crippen LogP contribution in [0.4, 0.5) is 24.8 Å². The standard InChI is InChI=1S/C20H20F3N7S/c21-20(22,23)14-1-5-25-16(9-14)29-6-2-19(3-7-29)4-8-30(12-19)17-11-24-10-15(27-17)18-28-26-13-31-18/h1,5,9-11,13H,2-4,6-8,12H2. The van der Waals surface area contributed by atoms with Gasteiger partial charge in [-0.2, -0.15) is 13.2 Å². The molecule has 0 N–H and O–H groups in total. The third-order valence-corrected chi connectivity index (χ3v) is 6.90. The monoisotopic (exact) mass is 447 g/mol. The molecule has 2 aliphatic rings. The van der Waals surface area contributed by atoms with Crippen LogP contribution >= 0.6 is 11.3 Å². The fourth-order valence-corrected chi connectivity index (χ4v) is 4.92. The molecule has 5 heterocycles. The average Bonchev–Trinajstić information content (AvgIpc) is 3.45. The normalized spacial score (nSPS) is 18.7. The third kappa shape index (κ3) is 4.06. The fraction of sp³-hybridized carbons (Fsp3) is 0.450. The molecule has 31 heavy (non-hydrogen) atoms. The van der Waals surface area contributed by atoms with E-state index in [1.807, 2.05) is 4.90 Å². The lowest BCUT2D eigenvalue weighted by atomic mass is 9.78. The predicted molar refractivity (Wildman–Crippen MR) is 111 cm³/mol.